The van der Waals surface area contributed by atoms with Crippen molar-refractivity contribution in [1.29, 1.82) is 0 Å². The lowest BCUT2D eigenvalue weighted by Gasteiger charge is -2.32. The van der Waals surface area contributed by atoms with Gasteiger partial charge in [-0.1, -0.05) is 12.1 Å². The van der Waals surface area contributed by atoms with Gasteiger partial charge in [0.1, 0.15) is 5.69 Å². The number of nitrogens with one attached hydrogen (secondary N) is 1. The third-order valence-electron chi connectivity index (χ3n) is 4.97. The van der Waals surface area contributed by atoms with Gasteiger partial charge in [0.25, 0.3) is 0 Å². The molecule has 134 valence electrons. The molecule has 2 aliphatic heterocycles. The summed E-state index contributed by atoms with van der Waals surface area (Å²) in [6.45, 7) is 2.30. The summed E-state index contributed by atoms with van der Waals surface area (Å²) in [4.78, 5) is 31.1. The number of benzene rings is 1. The second-order valence-corrected chi connectivity index (χ2v) is 6.77. The molecule has 3 heterocycles. The summed E-state index contributed by atoms with van der Waals surface area (Å²) in [6, 6.07) is 11.0. The van der Waals surface area contributed by atoms with E-state index in [4.69, 9.17) is 4.74 Å². The zero-order valence-electron chi connectivity index (χ0n) is 14.5. The van der Waals surface area contributed by atoms with Gasteiger partial charge >= 0.3 is 6.03 Å². The minimum absolute atomic E-state index is 0.0118. The van der Waals surface area contributed by atoms with Crippen molar-refractivity contribution < 1.29 is 14.3 Å². The molecule has 0 aliphatic carbocycles. The molecule has 0 saturated carbocycles. The van der Waals surface area contributed by atoms with E-state index in [0.717, 1.165) is 24.1 Å². The minimum atomic E-state index is -0.196. The molecular weight excluding hydrogens is 330 g/mol. The van der Waals surface area contributed by atoms with Crippen LogP contribution in [0, 0.1) is 5.92 Å². The number of carbonyl (C=O) groups is 2. The molecule has 1 aromatic heterocycles. The fourth-order valence-electron chi connectivity index (χ4n) is 3.55. The van der Waals surface area contributed by atoms with Gasteiger partial charge in [0.15, 0.2) is 5.78 Å². The molecule has 1 N–H and O–H groups in total. The van der Waals surface area contributed by atoms with Gasteiger partial charge in [0.05, 0.1) is 13.2 Å². The van der Waals surface area contributed by atoms with Crippen molar-refractivity contribution in [3.63, 3.8) is 0 Å². The summed E-state index contributed by atoms with van der Waals surface area (Å²) in [7, 11) is 0. The third kappa shape index (κ3) is 3.46. The van der Waals surface area contributed by atoms with Crippen molar-refractivity contribution in [3.8, 4) is 0 Å². The summed E-state index contributed by atoms with van der Waals surface area (Å²) >= 11 is 0. The maximum absolute atomic E-state index is 12.6. The van der Waals surface area contributed by atoms with Crippen molar-refractivity contribution >= 4 is 17.5 Å². The van der Waals surface area contributed by atoms with Crippen molar-refractivity contribution in [2.75, 3.05) is 18.4 Å². The van der Waals surface area contributed by atoms with Crippen molar-refractivity contribution in [3.05, 3.63) is 59.4 Å². The number of aromatic nitrogens is 1. The molecule has 26 heavy (non-hydrogen) atoms. The average Bonchev–Trinajstić information content (AvgIpc) is 3.16. The Kier molecular flexibility index (Phi) is 4.67. The highest BCUT2D eigenvalue weighted by Gasteiger charge is 2.29. The zero-order chi connectivity index (χ0) is 17.9. The Balaban J connectivity index is 1.41. The van der Waals surface area contributed by atoms with Crippen LogP contribution in [-0.4, -0.2) is 34.8 Å². The highest BCUT2D eigenvalue weighted by Crippen LogP contribution is 2.24. The number of likely N-dealkylation sites (tertiary alicyclic amines) is 1. The SMILES string of the molecule is O=C(c1ccccn1)C1CCCN(C(=O)Nc2ccc3c(c2)COC3)C1. The van der Waals surface area contributed by atoms with E-state index in [1.165, 1.54) is 5.56 Å². The number of anilines is 1. The van der Waals surface area contributed by atoms with E-state index in [1.54, 1.807) is 23.2 Å². The summed E-state index contributed by atoms with van der Waals surface area (Å²) in [5, 5.41) is 2.95. The number of hydrogen-bond donors (Lipinski definition) is 1. The first kappa shape index (κ1) is 16.7. The van der Waals surface area contributed by atoms with Gasteiger partial charge in [-0.25, -0.2) is 4.79 Å². The summed E-state index contributed by atoms with van der Waals surface area (Å²) in [6.07, 6.45) is 3.22. The number of urea groups is 1. The van der Waals surface area contributed by atoms with Crippen molar-refractivity contribution in [2.24, 2.45) is 5.92 Å². The third-order valence-corrected chi connectivity index (χ3v) is 4.97. The van der Waals surface area contributed by atoms with Crippen LogP contribution < -0.4 is 5.32 Å². The second-order valence-electron chi connectivity index (χ2n) is 6.77. The smallest absolute Gasteiger partial charge is 0.321 e. The van der Waals surface area contributed by atoms with Crippen LogP contribution in [0.3, 0.4) is 0 Å². The maximum Gasteiger partial charge on any atom is 0.321 e. The van der Waals surface area contributed by atoms with E-state index in [9.17, 15) is 9.59 Å². The van der Waals surface area contributed by atoms with E-state index in [-0.39, 0.29) is 17.7 Å². The number of piperidine rings is 1. The first-order chi connectivity index (χ1) is 12.7. The van der Waals surface area contributed by atoms with Crippen LogP contribution in [0.4, 0.5) is 10.5 Å². The molecule has 6 heteroatoms. The van der Waals surface area contributed by atoms with Gasteiger partial charge in [-0.05, 0) is 48.2 Å². The van der Waals surface area contributed by atoms with E-state index in [2.05, 4.69) is 10.3 Å². The molecule has 0 radical (unpaired) electrons. The molecule has 0 spiro atoms. The van der Waals surface area contributed by atoms with E-state index < -0.39 is 0 Å². The van der Waals surface area contributed by atoms with Crippen LogP contribution in [0.5, 0.6) is 0 Å². The number of pyridine rings is 1. The Bertz CT molecular complexity index is 822. The topological polar surface area (TPSA) is 71.5 Å². The summed E-state index contributed by atoms with van der Waals surface area (Å²) in [5.41, 5.74) is 3.52. The Morgan fingerprint density at radius 3 is 2.88 bits per heavy atom. The fraction of sp³-hybridized carbons (Fsp3) is 0.350. The Hall–Kier alpha value is -2.73. The number of amides is 2. The van der Waals surface area contributed by atoms with Gasteiger partial charge in [-0.2, -0.15) is 0 Å². The van der Waals surface area contributed by atoms with Crippen LogP contribution in [0.2, 0.25) is 0 Å². The molecule has 0 bridgehead atoms. The summed E-state index contributed by atoms with van der Waals surface area (Å²) < 4.78 is 5.41. The average molecular weight is 351 g/mol. The van der Waals surface area contributed by atoms with Gasteiger partial charge in [-0.15, -0.1) is 0 Å². The first-order valence-corrected chi connectivity index (χ1v) is 8.91. The van der Waals surface area contributed by atoms with E-state index >= 15 is 0 Å². The number of carbonyl (C=O) groups excluding carboxylic acids is 2. The van der Waals surface area contributed by atoms with Gasteiger partial charge in [0.2, 0.25) is 0 Å². The number of rotatable bonds is 3. The molecule has 6 nitrogen and oxygen atoms in total. The minimum Gasteiger partial charge on any atom is -0.372 e. The van der Waals surface area contributed by atoms with Gasteiger partial charge in [0, 0.05) is 30.9 Å². The highest BCUT2D eigenvalue weighted by molar-refractivity contribution is 5.97. The molecule has 1 saturated heterocycles. The largest absolute Gasteiger partial charge is 0.372 e. The lowest BCUT2D eigenvalue weighted by Crippen LogP contribution is -2.44. The summed E-state index contributed by atoms with van der Waals surface area (Å²) in [5.74, 6) is -0.185. The van der Waals surface area contributed by atoms with Crippen LogP contribution in [-0.2, 0) is 18.0 Å². The number of Topliss-reactive ketones (excluding diaryl/α,β-unsaturated/α-hetero) is 1. The van der Waals surface area contributed by atoms with Gasteiger partial charge < -0.3 is 15.0 Å². The van der Waals surface area contributed by atoms with Crippen LogP contribution in [0.25, 0.3) is 0 Å². The Morgan fingerprint density at radius 1 is 1.15 bits per heavy atom. The maximum atomic E-state index is 12.6. The van der Waals surface area contributed by atoms with Crippen LogP contribution in [0.1, 0.15) is 34.5 Å². The number of fused-ring (bicyclic) bond motifs is 1. The monoisotopic (exact) mass is 351 g/mol. The lowest BCUT2D eigenvalue weighted by atomic mass is 9.92. The number of hydrogen-bond acceptors (Lipinski definition) is 4. The molecule has 2 aliphatic rings. The highest BCUT2D eigenvalue weighted by atomic mass is 16.5. The predicted molar refractivity (Wildman–Crippen MR) is 96.8 cm³/mol. The predicted octanol–water partition coefficient (Wildman–Crippen LogP) is 3.24. The molecule has 1 atom stereocenters. The van der Waals surface area contributed by atoms with Gasteiger partial charge in [-0.3, -0.25) is 9.78 Å². The second kappa shape index (κ2) is 7.25. The normalized spacial score (nSPS) is 19.1. The Morgan fingerprint density at radius 2 is 2.04 bits per heavy atom. The lowest BCUT2D eigenvalue weighted by molar-refractivity contribution is 0.0846. The number of ketones is 1. The van der Waals surface area contributed by atoms with E-state index in [1.807, 2.05) is 24.3 Å². The van der Waals surface area contributed by atoms with E-state index in [0.29, 0.717) is 32.0 Å². The fourth-order valence-corrected chi connectivity index (χ4v) is 3.55. The van der Waals surface area contributed by atoms with Crippen molar-refractivity contribution in [1.82, 2.24) is 9.88 Å². The molecule has 2 aromatic rings. The van der Waals surface area contributed by atoms with Crippen molar-refractivity contribution in [2.45, 2.75) is 26.1 Å². The first-order valence-electron chi connectivity index (χ1n) is 8.91. The standard InChI is InChI=1S/C20H21N3O3/c24-19(18-5-1-2-8-21-18)14-4-3-9-23(11-14)20(25)22-17-7-6-15-12-26-13-16(15)10-17/h1-2,5-8,10,14H,3-4,9,11-13H2,(H,22,25). The molecular formula is C20H21N3O3. The zero-order valence-corrected chi connectivity index (χ0v) is 14.5. The number of ether oxygens (including phenoxy) is 1. The number of nitrogens with zero attached hydrogens (tertiary/aromatic N) is 2. The molecule has 2 amide bonds. The molecule has 1 fully saturated rings. The van der Waals surface area contributed by atoms with Crippen LogP contribution in [0.15, 0.2) is 42.6 Å². The molecule has 4 rings (SSSR count). The Labute approximate surface area is 152 Å². The molecule has 1 aromatic carbocycles. The molecule has 1 unspecified atom stereocenters. The quantitative estimate of drug-likeness (QED) is 0.862. The van der Waals surface area contributed by atoms with Crippen LogP contribution >= 0.6 is 0 Å².